The van der Waals surface area contributed by atoms with Crippen molar-refractivity contribution in [1.29, 1.82) is 0 Å². The first kappa shape index (κ1) is 15.1. The number of nitrogens with one attached hydrogen (secondary N) is 1. The average Bonchev–Trinajstić information content (AvgIpc) is 2.90. The van der Waals surface area contributed by atoms with Gasteiger partial charge in [0, 0.05) is 19.2 Å². The van der Waals surface area contributed by atoms with Crippen LogP contribution in [0.5, 0.6) is 0 Å². The van der Waals surface area contributed by atoms with Crippen molar-refractivity contribution < 1.29 is 14.0 Å². The van der Waals surface area contributed by atoms with Gasteiger partial charge >= 0.3 is 0 Å². The summed E-state index contributed by atoms with van der Waals surface area (Å²) in [5.74, 6) is -1.08. The molecule has 0 bridgehead atoms. The number of hydrogen-bond acceptors (Lipinski definition) is 3. The Morgan fingerprint density at radius 1 is 1.35 bits per heavy atom. The molecule has 1 aliphatic heterocycles. The smallest absolute Gasteiger partial charge is 0.230 e. The van der Waals surface area contributed by atoms with Gasteiger partial charge in [0.2, 0.25) is 11.8 Å². The summed E-state index contributed by atoms with van der Waals surface area (Å²) in [6.07, 6.45) is 1.67. The SMILES string of the molecule is Cc1ccnc(NC(=O)[C@@H]2CC(=O)N(c3ccccc3F)C2)c1. The van der Waals surface area contributed by atoms with Crippen LogP contribution in [0.25, 0.3) is 0 Å². The third kappa shape index (κ3) is 3.21. The lowest BCUT2D eigenvalue weighted by atomic mass is 10.1. The largest absolute Gasteiger partial charge is 0.310 e. The highest BCUT2D eigenvalue weighted by molar-refractivity contribution is 6.03. The number of pyridine rings is 1. The second-order valence-electron chi connectivity index (χ2n) is 5.56. The number of aromatic nitrogens is 1. The Hall–Kier alpha value is -2.76. The Labute approximate surface area is 133 Å². The zero-order valence-electron chi connectivity index (χ0n) is 12.6. The summed E-state index contributed by atoms with van der Waals surface area (Å²) >= 11 is 0. The molecule has 0 radical (unpaired) electrons. The van der Waals surface area contributed by atoms with Crippen LogP contribution in [-0.2, 0) is 9.59 Å². The van der Waals surface area contributed by atoms with Gasteiger partial charge in [-0.05, 0) is 36.8 Å². The molecule has 1 fully saturated rings. The van der Waals surface area contributed by atoms with Crippen molar-refractivity contribution >= 4 is 23.3 Å². The maximum absolute atomic E-state index is 13.8. The van der Waals surface area contributed by atoms with Gasteiger partial charge in [0.25, 0.3) is 0 Å². The predicted molar refractivity (Wildman–Crippen MR) is 84.5 cm³/mol. The van der Waals surface area contributed by atoms with Crippen molar-refractivity contribution in [1.82, 2.24) is 4.98 Å². The molecule has 0 aliphatic carbocycles. The molecule has 1 N–H and O–H groups in total. The van der Waals surface area contributed by atoms with Crippen molar-refractivity contribution in [3.8, 4) is 0 Å². The number of carbonyl (C=O) groups is 2. The fraction of sp³-hybridized carbons (Fsp3) is 0.235. The van der Waals surface area contributed by atoms with Crippen molar-refractivity contribution in [3.63, 3.8) is 0 Å². The summed E-state index contributed by atoms with van der Waals surface area (Å²) in [6.45, 7) is 2.06. The molecule has 1 aromatic carbocycles. The first-order valence-electron chi connectivity index (χ1n) is 7.33. The first-order chi connectivity index (χ1) is 11.0. The van der Waals surface area contributed by atoms with Crippen LogP contribution in [0.2, 0.25) is 0 Å². The fourth-order valence-corrected chi connectivity index (χ4v) is 2.62. The van der Waals surface area contributed by atoms with E-state index < -0.39 is 11.7 Å². The monoisotopic (exact) mass is 313 g/mol. The van der Waals surface area contributed by atoms with Crippen LogP contribution in [0.1, 0.15) is 12.0 Å². The molecule has 2 amide bonds. The number of rotatable bonds is 3. The van der Waals surface area contributed by atoms with Crippen molar-refractivity contribution in [2.45, 2.75) is 13.3 Å². The third-order valence-corrected chi connectivity index (χ3v) is 3.81. The summed E-state index contributed by atoms with van der Waals surface area (Å²) < 4.78 is 13.8. The minimum Gasteiger partial charge on any atom is -0.310 e. The Bertz CT molecular complexity index is 763. The number of aryl methyl sites for hydroxylation is 1. The van der Waals surface area contributed by atoms with Gasteiger partial charge in [-0.2, -0.15) is 0 Å². The molecule has 23 heavy (non-hydrogen) atoms. The molecule has 1 saturated heterocycles. The van der Waals surface area contributed by atoms with Crippen LogP contribution in [-0.4, -0.2) is 23.3 Å². The normalized spacial score (nSPS) is 17.4. The maximum Gasteiger partial charge on any atom is 0.230 e. The van der Waals surface area contributed by atoms with E-state index >= 15 is 0 Å². The minimum atomic E-state index is -0.524. The molecule has 1 aliphatic rings. The summed E-state index contributed by atoms with van der Waals surface area (Å²) in [6, 6.07) is 9.64. The van der Waals surface area contributed by atoms with Crippen LogP contribution in [0.4, 0.5) is 15.9 Å². The van der Waals surface area contributed by atoms with Gasteiger partial charge in [-0.3, -0.25) is 9.59 Å². The summed E-state index contributed by atoms with van der Waals surface area (Å²) in [4.78, 5) is 29.8. The molecule has 0 saturated carbocycles. The Kier molecular flexibility index (Phi) is 4.06. The number of benzene rings is 1. The van der Waals surface area contributed by atoms with Crippen molar-refractivity contribution in [3.05, 3.63) is 54.0 Å². The van der Waals surface area contributed by atoms with E-state index in [4.69, 9.17) is 0 Å². The van der Waals surface area contributed by atoms with Gasteiger partial charge in [-0.25, -0.2) is 9.37 Å². The fourth-order valence-electron chi connectivity index (χ4n) is 2.62. The Morgan fingerprint density at radius 2 is 2.13 bits per heavy atom. The zero-order valence-corrected chi connectivity index (χ0v) is 12.6. The molecule has 6 heteroatoms. The standard InChI is InChI=1S/C17H16FN3O2/c1-11-6-7-19-15(8-11)20-17(23)12-9-16(22)21(10-12)14-5-3-2-4-13(14)18/h2-8,12H,9-10H2,1H3,(H,19,20,23)/t12-/m1/s1. The van der Waals surface area contributed by atoms with Gasteiger partial charge < -0.3 is 10.2 Å². The molecule has 0 spiro atoms. The molecule has 2 aromatic rings. The summed E-state index contributed by atoms with van der Waals surface area (Å²) in [7, 11) is 0. The van der Waals surface area contributed by atoms with E-state index in [1.807, 2.05) is 13.0 Å². The van der Waals surface area contributed by atoms with Gasteiger partial charge in [0.1, 0.15) is 11.6 Å². The van der Waals surface area contributed by atoms with E-state index in [1.165, 1.54) is 17.0 Å². The number of carbonyl (C=O) groups excluding carboxylic acids is 2. The van der Waals surface area contributed by atoms with Gasteiger partial charge in [0.05, 0.1) is 11.6 Å². The van der Waals surface area contributed by atoms with Gasteiger partial charge in [-0.1, -0.05) is 12.1 Å². The minimum absolute atomic E-state index is 0.0615. The van der Waals surface area contributed by atoms with E-state index in [9.17, 15) is 14.0 Å². The second kappa shape index (κ2) is 6.16. The quantitative estimate of drug-likeness (QED) is 0.947. The molecular formula is C17H16FN3O2. The Balaban J connectivity index is 1.72. The van der Waals surface area contributed by atoms with Crippen molar-refractivity contribution in [2.75, 3.05) is 16.8 Å². The first-order valence-corrected chi connectivity index (χ1v) is 7.33. The number of anilines is 2. The third-order valence-electron chi connectivity index (χ3n) is 3.81. The highest BCUT2D eigenvalue weighted by Gasteiger charge is 2.36. The number of hydrogen-bond donors (Lipinski definition) is 1. The number of halogens is 1. The van der Waals surface area contributed by atoms with Crippen LogP contribution >= 0.6 is 0 Å². The van der Waals surface area contributed by atoms with Crippen LogP contribution in [0.3, 0.4) is 0 Å². The molecular weight excluding hydrogens is 297 g/mol. The molecule has 1 aromatic heterocycles. The maximum atomic E-state index is 13.8. The molecule has 118 valence electrons. The lowest BCUT2D eigenvalue weighted by Gasteiger charge is -2.17. The molecule has 2 heterocycles. The van der Waals surface area contributed by atoms with E-state index in [0.29, 0.717) is 5.82 Å². The number of nitrogens with zero attached hydrogens (tertiary/aromatic N) is 2. The van der Waals surface area contributed by atoms with E-state index in [1.54, 1.807) is 24.4 Å². The van der Waals surface area contributed by atoms with Gasteiger partial charge in [-0.15, -0.1) is 0 Å². The number of para-hydroxylation sites is 1. The van der Waals surface area contributed by atoms with Crippen LogP contribution in [0.15, 0.2) is 42.6 Å². The topological polar surface area (TPSA) is 62.3 Å². The summed E-state index contributed by atoms with van der Waals surface area (Å²) in [5, 5.41) is 2.71. The van der Waals surface area contributed by atoms with Gasteiger partial charge in [0.15, 0.2) is 0 Å². The van der Waals surface area contributed by atoms with E-state index in [2.05, 4.69) is 10.3 Å². The van der Waals surface area contributed by atoms with Crippen LogP contribution < -0.4 is 10.2 Å². The molecule has 0 unspecified atom stereocenters. The Morgan fingerprint density at radius 3 is 2.87 bits per heavy atom. The van der Waals surface area contributed by atoms with E-state index in [-0.39, 0.29) is 30.5 Å². The lowest BCUT2D eigenvalue weighted by molar-refractivity contribution is -0.122. The predicted octanol–water partition coefficient (Wildman–Crippen LogP) is 2.52. The molecule has 5 nitrogen and oxygen atoms in total. The highest BCUT2D eigenvalue weighted by atomic mass is 19.1. The average molecular weight is 313 g/mol. The number of amides is 2. The molecule has 1 atom stereocenters. The molecule has 3 rings (SSSR count). The zero-order chi connectivity index (χ0) is 16.4. The lowest BCUT2D eigenvalue weighted by Crippen LogP contribution is -2.28. The van der Waals surface area contributed by atoms with E-state index in [0.717, 1.165) is 5.56 Å². The highest BCUT2D eigenvalue weighted by Crippen LogP contribution is 2.27. The van der Waals surface area contributed by atoms with Crippen molar-refractivity contribution in [2.24, 2.45) is 5.92 Å². The van der Waals surface area contributed by atoms with Crippen LogP contribution in [0, 0.1) is 18.7 Å². The summed E-state index contributed by atoms with van der Waals surface area (Å²) in [5.41, 5.74) is 1.19. The second-order valence-corrected chi connectivity index (χ2v) is 5.56.